The number of amides is 1. The molecule has 0 spiro atoms. The lowest BCUT2D eigenvalue weighted by Gasteiger charge is -2.31. The van der Waals surface area contributed by atoms with Gasteiger partial charge >= 0.3 is 6.09 Å². The van der Waals surface area contributed by atoms with Crippen molar-refractivity contribution in [1.82, 2.24) is 4.31 Å². The fourth-order valence-electron chi connectivity index (χ4n) is 3.07. The molecular formula is C22H29Cl2NO6S2. The number of hydrogen-bond acceptors (Lipinski definition) is 6. The number of halogens is 2. The van der Waals surface area contributed by atoms with Crippen LogP contribution in [0.3, 0.4) is 0 Å². The van der Waals surface area contributed by atoms with Crippen LogP contribution in [0.15, 0.2) is 28.5 Å². The van der Waals surface area contributed by atoms with Crippen LogP contribution in [-0.4, -0.2) is 54.4 Å². The fourth-order valence-corrected chi connectivity index (χ4v) is 6.37. The Morgan fingerprint density at radius 1 is 1.06 bits per heavy atom. The third kappa shape index (κ3) is 6.91. The number of carboxylic acid groups (broad SMARTS) is 1. The van der Waals surface area contributed by atoms with Gasteiger partial charge in [0.05, 0.1) is 18.8 Å². The second-order valence-corrected chi connectivity index (χ2v) is 12.1. The molecule has 0 aliphatic carbocycles. The van der Waals surface area contributed by atoms with E-state index >= 15 is 0 Å². The van der Waals surface area contributed by atoms with E-state index in [4.69, 9.17) is 32.7 Å². The van der Waals surface area contributed by atoms with E-state index < -0.39 is 21.7 Å². The van der Waals surface area contributed by atoms with E-state index in [-0.39, 0.29) is 4.21 Å². The summed E-state index contributed by atoms with van der Waals surface area (Å²) in [5.74, 6) is 2.04. The minimum Gasteiger partial charge on any atom is -0.490 e. The maximum absolute atomic E-state index is 13.1. The van der Waals surface area contributed by atoms with Gasteiger partial charge in [-0.25, -0.2) is 4.79 Å². The van der Waals surface area contributed by atoms with Gasteiger partial charge in [-0.2, -0.15) is 12.7 Å². The van der Waals surface area contributed by atoms with Gasteiger partial charge in [-0.15, -0.1) is 34.5 Å². The standard InChI is InChI=1S/C22H29Cl2NO6S2/c1-15-13-17(30-11-5-9-23)18(31-12-6-10-24)14-16(15)19-7-8-20(32-19)33(28,29)25(21(26)27)22(2,3)4/h7-8,13-14H,5-6,9-12H2,1-4H3,(H,26,27). The molecule has 0 unspecified atom stereocenters. The summed E-state index contributed by atoms with van der Waals surface area (Å²) in [6.45, 7) is 7.33. The number of nitrogens with zero attached hydrogens (tertiary/aromatic N) is 1. The van der Waals surface area contributed by atoms with Crippen molar-refractivity contribution in [2.75, 3.05) is 25.0 Å². The zero-order valence-corrected chi connectivity index (χ0v) is 22.2. The van der Waals surface area contributed by atoms with E-state index in [1.54, 1.807) is 12.1 Å². The van der Waals surface area contributed by atoms with E-state index in [0.717, 1.165) is 22.5 Å². The lowest BCUT2D eigenvalue weighted by molar-refractivity contribution is 0.146. The van der Waals surface area contributed by atoms with Crippen LogP contribution >= 0.6 is 34.5 Å². The van der Waals surface area contributed by atoms with E-state index in [1.165, 1.54) is 26.8 Å². The van der Waals surface area contributed by atoms with Crippen molar-refractivity contribution in [2.45, 2.75) is 50.3 Å². The van der Waals surface area contributed by atoms with E-state index in [1.807, 2.05) is 13.0 Å². The van der Waals surface area contributed by atoms with Gasteiger partial charge in [0.2, 0.25) is 0 Å². The molecule has 0 saturated carbocycles. The van der Waals surface area contributed by atoms with Crippen molar-refractivity contribution < 1.29 is 27.8 Å². The quantitative estimate of drug-likeness (QED) is 0.270. The highest BCUT2D eigenvalue weighted by Crippen LogP contribution is 2.40. The first-order valence-corrected chi connectivity index (χ1v) is 13.7. The van der Waals surface area contributed by atoms with Crippen LogP contribution in [0.4, 0.5) is 4.79 Å². The topological polar surface area (TPSA) is 93.1 Å². The molecule has 1 N–H and O–H groups in total. The molecule has 1 aromatic carbocycles. The number of alkyl halides is 2. The number of thiophene rings is 1. The molecule has 0 aliphatic heterocycles. The molecule has 33 heavy (non-hydrogen) atoms. The summed E-state index contributed by atoms with van der Waals surface area (Å²) in [5, 5.41) is 9.54. The summed E-state index contributed by atoms with van der Waals surface area (Å²) in [5.41, 5.74) is 0.498. The summed E-state index contributed by atoms with van der Waals surface area (Å²) >= 11 is 12.5. The van der Waals surface area contributed by atoms with Crippen LogP contribution < -0.4 is 9.47 Å². The van der Waals surface area contributed by atoms with Crippen LogP contribution in [-0.2, 0) is 10.0 Å². The molecule has 0 aliphatic rings. The average Bonchev–Trinajstić information content (AvgIpc) is 3.19. The summed E-state index contributed by atoms with van der Waals surface area (Å²) in [4.78, 5) is 12.4. The van der Waals surface area contributed by atoms with Gasteiger partial charge in [0.15, 0.2) is 11.5 Å². The molecule has 1 heterocycles. The molecule has 0 bridgehead atoms. The predicted octanol–water partition coefficient (Wildman–Crippen LogP) is 6.21. The Morgan fingerprint density at radius 2 is 1.61 bits per heavy atom. The van der Waals surface area contributed by atoms with Crippen LogP contribution in [0.25, 0.3) is 10.4 Å². The van der Waals surface area contributed by atoms with Gasteiger partial charge in [-0.1, -0.05) is 0 Å². The fraction of sp³-hybridized carbons (Fsp3) is 0.500. The molecule has 184 valence electrons. The maximum Gasteiger partial charge on any atom is 0.421 e. The van der Waals surface area contributed by atoms with Crippen molar-refractivity contribution in [3.8, 4) is 21.9 Å². The third-order valence-corrected chi connectivity index (χ3v) is 8.64. The van der Waals surface area contributed by atoms with Crippen molar-refractivity contribution in [1.29, 1.82) is 0 Å². The van der Waals surface area contributed by atoms with Gasteiger partial charge in [0, 0.05) is 16.6 Å². The third-order valence-electron chi connectivity index (χ3n) is 4.49. The zero-order chi connectivity index (χ0) is 24.8. The van der Waals surface area contributed by atoms with Crippen LogP contribution in [0.5, 0.6) is 11.5 Å². The minimum atomic E-state index is -4.24. The van der Waals surface area contributed by atoms with Gasteiger partial charge in [0.1, 0.15) is 4.21 Å². The number of rotatable bonds is 11. The average molecular weight is 539 g/mol. The Bertz CT molecular complexity index is 1060. The Labute approximate surface area is 209 Å². The monoisotopic (exact) mass is 537 g/mol. The maximum atomic E-state index is 13.1. The summed E-state index contributed by atoms with van der Waals surface area (Å²) < 4.78 is 38.3. The summed E-state index contributed by atoms with van der Waals surface area (Å²) in [6.07, 6.45) is -0.184. The van der Waals surface area contributed by atoms with Crippen LogP contribution in [0, 0.1) is 6.92 Å². The second-order valence-electron chi connectivity index (χ2n) is 8.24. The van der Waals surface area contributed by atoms with Crippen molar-refractivity contribution >= 4 is 50.7 Å². The van der Waals surface area contributed by atoms with Gasteiger partial charge in [-0.3, -0.25) is 0 Å². The first-order valence-electron chi connectivity index (χ1n) is 10.3. The summed E-state index contributed by atoms with van der Waals surface area (Å²) in [6, 6.07) is 6.74. The molecule has 11 heteroatoms. The van der Waals surface area contributed by atoms with E-state index in [2.05, 4.69) is 0 Å². The molecule has 2 rings (SSSR count). The number of carbonyl (C=O) groups is 1. The highest BCUT2D eigenvalue weighted by Gasteiger charge is 2.39. The molecule has 2 aromatic rings. The SMILES string of the molecule is Cc1cc(OCCCCl)c(OCCCCl)cc1-c1ccc(S(=O)(=O)N(C(=O)O)C(C)(C)C)s1. The first-order chi connectivity index (χ1) is 15.4. The van der Waals surface area contributed by atoms with Crippen molar-refractivity contribution in [2.24, 2.45) is 0 Å². The first kappa shape index (κ1) is 27.6. The number of aryl methyl sites for hydroxylation is 1. The van der Waals surface area contributed by atoms with Gasteiger partial charge in [-0.05, 0) is 75.9 Å². The molecule has 1 amide bonds. The molecule has 1 aromatic heterocycles. The zero-order valence-electron chi connectivity index (χ0n) is 19.1. The van der Waals surface area contributed by atoms with Crippen LogP contribution in [0.2, 0.25) is 0 Å². The van der Waals surface area contributed by atoms with Gasteiger partial charge < -0.3 is 14.6 Å². The normalized spacial score (nSPS) is 11.9. The molecule has 0 atom stereocenters. The smallest absolute Gasteiger partial charge is 0.421 e. The summed E-state index contributed by atoms with van der Waals surface area (Å²) in [7, 11) is -4.24. The Kier molecular flexibility index (Phi) is 9.72. The van der Waals surface area contributed by atoms with Crippen molar-refractivity contribution in [3.05, 3.63) is 29.8 Å². The molecule has 0 saturated heterocycles. The van der Waals surface area contributed by atoms with Crippen molar-refractivity contribution in [3.63, 3.8) is 0 Å². The Balaban J connectivity index is 2.46. The number of hydrogen-bond donors (Lipinski definition) is 1. The highest BCUT2D eigenvalue weighted by molar-refractivity contribution is 7.91. The lowest BCUT2D eigenvalue weighted by Crippen LogP contribution is -2.48. The number of sulfonamides is 1. The van der Waals surface area contributed by atoms with E-state index in [9.17, 15) is 18.3 Å². The number of benzene rings is 1. The molecular weight excluding hydrogens is 509 g/mol. The van der Waals surface area contributed by atoms with E-state index in [0.29, 0.717) is 58.5 Å². The second kappa shape index (κ2) is 11.6. The Morgan fingerprint density at radius 3 is 2.09 bits per heavy atom. The van der Waals surface area contributed by atoms with Crippen LogP contribution in [0.1, 0.15) is 39.2 Å². The predicted molar refractivity (Wildman–Crippen MR) is 133 cm³/mol. The molecule has 7 nitrogen and oxygen atoms in total. The number of ether oxygens (including phenoxy) is 2. The largest absolute Gasteiger partial charge is 0.490 e. The minimum absolute atomic E-state index is 0.0544. The Hall–Kier alpha value is -1.68. The molecule has 0 fully saturated rings. The highest BCUT2D eigenvalue weighted by atomic mass is 35.5. The molecule has 0 radical (unpaired) electrons. The lowest BCUT2D eigenvalue weighted by atomic mass is 10.1. The van der Waals surface area contributed by atoms with Gasteiger partial charge in [0.25, 0.3) is 10.0 Å².